The number of carbonyl (C=O) groups excluding carboxylic acids is 1. The summed E-state index contributed by atoms with van der Waals surface area (Å²) in [6.07, 6.45) is 1.63. The highest BCUT2D eigenvalue weighted by molar-refractivity contribution is 7.99. The summed E-state index contributed by atoms with van der Waals surface area (Å²) in [7, 11) is 1.72. The first-order chi connectivity index (χ1) is 8.50. The van der Waals surface area contributed by atoms with Crippen LogP contribution in [0.25, 0.3) is 0 Å². The predicted molar refractivity (Wildman–Crippen MR) is 70.2 cm³/mol. The molecule has 0 saturated carbocycles. The number of aromatic nitrogens is 1. The van der Waals surface area contributed by atoms with Crippen LogP contribution in [0.4, 0.5) is 0 Å². The Hall–Kier alpha value is -1.14. The second-order valence-corrected chi connectivity index (χ2v) is 5.67. The van der Waals surface area contributed by atoms with Crippen LogP contribution in [-0.4, -0.2) is 50.5 Å². The molecule has 98 valence electrons. The Morgan fingerprint density at radius 1 is 1.56 bits per heavy atom. The van der Waals surface area contributed by atoms with Crippen LogP contribution in [0, 0.1) is 0 Å². The Bertz CT molecular complexity index is 489. The highest BCUT2D eigenvalue weighted by Crippen LogP contribution is 2.21. The summed E-state index contributed by atoms with van der Waals surface area (Å²) in [5, 5.41) is 9.61. The van der Waals surface area contributed by atoms with E-state index in [0.29, 0.717) is 23.0 Å². The van der Waals surface area contributed by atoms with Gasteiger partial charge in [-0.3, -0.25) is 4.79 Å². The van der Waals surface area contributed by atoms with Crippen LogP contribution in [-0.2, 0) is 11.8 Å². The number of carboxylic acids is 1. The van der Waals surface area contributed by atoms with Crippen molar-refractivity contribution >= 4 is 35.2 Å². The molecule has 18 heavy (non-hydrogen) atoms. The van der Waals surface area contributed by atoms with Crippen molar-refractivity contribution in [3.63, 3.8) is 0 Å². The summed E-state index contributed by atoms with van der Waals surface area (Å²) >= 11 is 7.39. The van der Waals surface area contributed by atoms with Gasteiger partial charge in [0.1, 0.15) is 11.7 Å². The van der Waals surface area contributed by atoms with Crippen molar-refractivity contribution in [2.24, 2.45) is 7.05 Å². The molecule has 0 aliphatic carbocycles. The van der Waals surface area contributed by atoms with Gasteiger partial charge in [0, 0.05) is 31.3 Å². The maximum atomic E-state index is 12.3. The SMILES string of the molecule is Cn1cc(Cl)cc1C(=O)N1CCSCC1C(=O)O. The molecule has 1 saturated heterocycles. The molecule has 1 aliphatic rings. The Balaban J connectivity index is 2.26. The zero-order chi connectivity index (χ0) is 13.3. The molecule has 1 atom stereocenters. The van der Waals surface area contributed by atoms with E-state index >= 15 is 0 Å². The Morgan fingerprint density at radius 3 is 2.83 bits per heavy atom. The fraction of sp³-hybridized carbons (Fsp3) is 0.455. The van der Waals surface area contributed by atoms with Crippen LogP contribution in [0.1, 0.15) is 10.5 Å². The largest absolute Gasteiger partial charge is 0.480 e. The standard InChI is InChI=1S/C11H13ClN2O3S/c1-13-5-7(12)4-8(13)10(15)14-2-3-18-6-9(14)11(16)17/h4-5,9H,2-3,6H2,1H3,(H,16,17). The van der Waals surface area contributed by atoms with Crippen LogP contribution in [0.15, 0.2) is 12.3 Å². The molecule has 1 unspecified atom stereocenters. The second-order valence-electron chi connectivity index (χ2n) is 4.08. The van der Waals surface area contributed by atoms with Crippen LogP contribution in [0.2, 0.25) is 5.02 Å². The molecule has 0 radical (unpaired) electrons. The summed E-state index contributed by atoms with van der Waals surface area (Å²) in [6, 6.07) is 0.801. The quantitative estimate of drug-likeness (QED) is 0.891. The number of hydrogen-bond donors (Lipinski definition) is 1. The number of nitrogens with zero attached hydrogens (tertiary/aromatic N) is 2. The molecular weight excluding hydrogens is 276 g/mol. The Kier molecular flexibility index (Phi) is 3.87. The van der Waals surface area contributed by atoms with Gasteiger partial charge in [0.25, 0.3) is 5.91 Å². The maximum Gasteiger partial charge on any atom is 0.327 e. The number of rotatable bonds is 2. The van der Waals surface area contributed by atoms with Crippen molar-refractivity contribution in [2.45, 2.75) is 6.04 Å². The van der Waals surface area contributed by atoms with Gasteiger partial charge in [-0.25, -0.2) is 4.79 Å². The van der Waals surface area contributed by atoms with Crippen LogP contribution in [0.3, 0.4) is 0 Å². The molecule has 5 nitrogen and oxygen atoms in total. The van der Waals surface area contributed by atoms with Gasteiger partial charge in [-0.05, 0) is 6.07 Å². The molecule has 7 heteroatoms. The topological polar surface area (TPSA) is 62.5 Å². The molecule has 1 N–H and O–H groups in total. The number of aliphatic carboxylic acids is 1. The van der Waals surface area contributed by atoms with Crippen molar-refractivity contribution in [1.82, 2.24) is 9.47 Å². The number of carboxylic acid groups (broad SMARTS) is 1. The third-order valence-electron chi connectivity index (χ3n) is 2.87. The van der Waals surface area contributed by atoms with Gasteiger partial charge in [0.05, 0.1) is 5.02 Å². The zero-order valence-electron chi connectivity index (χ0n) is 9.80. The van der Waals surface area contributed by atoms with Gasteiger partial charge >= 0.3 is 5.97 Å². The third-order valence-corrected chi connectivity index (χ3v) is 4.09. The van der Waals surface area contributed by atoms with Crippen molar-refractivity contribution in [3.05, 3.63) is 23.0 Å². The predicted octanol–water partition coefficient (Wildman–Crippen LogP) is 1.32. The van der Waals surface area contributed by atoms with Gasteiger partial charge in [0.15, 0.2) is 0 Å². The van der Waals surface area contributed by atoms with Crippen LogP contribution >= 0.6 is 23.4 Å². The first kappa shape index (κ1) is 13.3. The molecule has 1 aliphatic heterocycles. The highest BCUT2D eigenvalue weighted by Gasteiger charge is 2.33. The van der Waals surface area contributed by atoms with E-state index in [4.69, 9.17) is 16.7 Å². The molecule has 2 rings (SSSR count). The van der Waals surface area contributed by atoms with Gasteiger partial charge in [-0.2, -0.15) is 11.8 Å². The van der Waals surface area contributed by atoms with E-state index in [1.54, 1.807) is 35.6 Å². The lowest BCUT2D eigenvalue weighted by molar-refractivity contribution is -0.141. The molecule has 0 spiro atoms. The second kappa shape index (κ2) is 5.24. The van der Waals surface area contributed by atoms with E-state index < -0.39 is 12.0 Å². The number of halogens is 1. The molecule has 1 aromatic heterocycles. The van der Waals surface area contributed by atoms with Gasteiger partial charge in [-0.15, -0.1) is 0 Å². The van der Waals surface area contributed by atoms with E-state index in [2.05, 4.69) is 0 Å². The van der Waals surface area contributed by atoms with Gasteiger partial charge < -0.3 is 14.6 Å². The smallest absolute Gasteiger partial charge is 0.327 e. The Morgan fingerprint density at radius 2 is 2.28 bits per heavy atom. The van der Waals surface area contributed by atoms with E-state index in [1.807, 2.05) is 0 Å². The number of thioether (sulfide) groups is 1. The average molecular weight is 289 g/mol. The molecule has 2 heterocycles. The van der Waals surface area contributed by atoms with Crippen molar-refractivity contribution in [1.29, 1.82) is 0 Å². The molecule has 0 aromatic carbocycles. The fourth-order valence-corrected chi connectivity index (χ4v) is 3.22. The molecule has 1 fully saturated rings. The van der Waals surface area contributed by atoms with E-state index in [0.717, 1.165) is 5.75 Å². The highest BCUT2D eigenvalue weighted by atomic mass is 35.5. The minimum absolute atomic E-state index is 0.280. The number of aryl methyl sites for hydroxylation is 1. The zero-order valence-corrected chi connectivity index (χ0v) is 11.4. The summed E-state index contributed by atoms with van der Waals surface area (Å²) < 4.78 is 1.62. The van der Waals surface area contributed by atoms with Crippen molar-refractivity contribution in [3.8, 4) is 0 Å². The minimum atomic E-state index is -0.962. The number of hydrogen-bond acceptors (Lipinski definition) is 3. The lowest BCUT2D eigenvalue weighted by Crippen LogP contribution is -2.50. The first-order valence-electron chi connectivity index (χ1n) is 5.44. The normalized spacial score (nSPS) is 19.9. The summed E-state index contributed by atoms with van der Waals surface area (Å²) in [6.45, 7) is 0.448. The van der Waals surface area contributed by atoms with E-state index in [1.165, 1.54) is 4.90 Å². The monoisotopic (exact) mass is 288 g/mol. The lowest BCUT2D eigenvalue weighted by Gasteiger charge is -2.32. The number of carbonyl (C=O) groups is 2. The van der Waals surface area contributed by atoms with E-state index in [-0.39, 0.29) is 5.91 Å². The minimum Gasteiger partial charge on any atom is -0.480 e. The summed E-state index contributed by atoms with van der Waals surface area (Å²) in [4.78, 5) is 24.9. The van der Waals surface area contributed by atoms with Crippen molar-refractivity contribution < 1.29 is 14.7 Å². The summed E-state index contributed by atoms with van der Waals surface area (Å²) in [5.41, 5.74) is 0.415. The van der Waals surface area contributed by atoms with Crippen molar-refractivity contribution in [2.75, 3.05) is 18.1 Å². The number of amides is 1. The van der Waals surface area contributed by atoms with Crippen LogP contribution in [0.5, 0.6) is 0 Å². The van der Waals surface area contributed by atoms with Gasteiger partial charge in [-0.1, -0.05) is 11.6 Å². The van der Waals surface area contributed by atoms with Gasteiger partial charge in [0.2, 0.25) is 0 Å². The molecule has 1 aromatic rings. The first-order valence-corrected chi connectivity index (χ1v) is 6.97. The van der Waals surface area contributed by atoms with Crippen LogP contribution < -0.4 is 0 Å². The third kappa shape index (κ3) is 2.49. The molecule has 0 bridgehead atoms. The molecule has 1 amide bonds. The Labute approximate surface area is 114 Å². The average Bonchev–Trinajstić information content (AvgIpc) is 2.67. The molecular formula is C11H13ClN2O3S. The summed E-state index contributed by atoms with van der Waals surface area (Å²) in [5.74, 6) is -0.0552. The lowest BCUT2D eigenvalue weighted by atomic mass is 10.2. The maximum absolute atomic E-state index is 12.3. The fourth-order valence-electron chi connectivity index (χ4n) is 1.94. The van der Waals surface area contributed by atoms with E-state index in [9.17, 15) is 9.59 Å².